The fourth-order valence-corrected chi connectivity index (χ4v) is 3.33. The maximum atomic E-state index is 11.5. The summed E-state index contributed by atoms with van der Waals surface area (Å²) in [6.07, 6.45) is 0.937. The van der Waals surface area contributed by atoms with E-state index in [-0.39, 0.29) is 24.8 Å². The summed E-state index contributed by atoms with van der Waals surface area (Å²) in [4.78, 5) is 0. The third-order valence-corrected chi connectivity index (χ3v) is 4.33. The number of nitrogens with zero attached hydrogens (tertiary/aromatic N) is 1. The lowest BCUT2D eigenvalue weighted by Crippen LogP contribution is -2.25. The van der Waals surface area contributed by atoms with Crippen LogP contribution in [0.25, 0.3) is 0 Å². The van der Waals surface area contributed by atoms with Gasteiger partial charge < -0.3 is 10.5 Å². The Morgan fingerprint density at radius 2 is 2.05 bits per heavy atom. The second-order valence-corrected chi connectivity index (χ2v) is 7.65. The minimum atomic E-state index is -3.60. The molecule has 0 radical (unpaired) electrons. The molecule has 1 heterocycles. The lowest BCUT2D eigenvalue weighted by atomic mass is 10.1. The van der Waals surface area contributed by atoms with Gasteiger partial charge in [0.25, 0.3) is 20.1 Å². The molecule has 0 bridgehead atoms. The molecule has 0 fully saturated rings. The molecular formula is C11H14N2O6S2. The number of hydrogen-bond acceptors (Lipinski definition) is 7. The zero-order valence-electron chi connectivity index (χ0n) is 11.1. The summed E-state index contributed by atoms with van der Waals surface area (Å²) in [5.74, 6) is -0.0586. The lowest BCUT2D eigenvalue weighted by Gasteiger charge is -2.17. The summed E-state index contributed by atoms with van der Waals surface area (Å²) < 4.78 is 58.0. The van der Waals surface area contributed by atoms with Gasteiger partial charge in [-0.1, -0.05) is 12.1 Å². The van der Waals surface area contributed by atoms with Crippen LogP contribution < -0.4 is 10.5 Å². The van der Waals surface area contributed by atoms with Crippen molar-refractivity contribution in [2.45, 2.75) is 5.75 Å². The van der Waals surface area contributed by atoms with Crippen LogP contribution in [0.4, 0.5) is 0 Å². The zero-order chi connectivity index (χ0) is 15.7. The second-order valence-electron chi connectivity index (χ2n) is 4.37. The standard InChI is InChI=1S/C11H14N2O6S2/c1-20(14,15)19-6-5-18-9-4-2-3-8-7-21(16,17)13-11(12)10(8)9/h2-4H,5-7H2,1H3,(H2,12,13). The van der Waals surface area contributed by atoms with Crippen LogP contribution in [0.15, 0.2) is 22.6 Å². The predicted molar refractivity (Wildman–Crippen MR) is 76.1 cm³/mol. The zero-order valence-corrected chi connectivity index (χ0v) is 12.8. The molecule has 8 nitrogen and oxygen atoms in total. The number of nitrogens with two attached hydrogens (primary N) is 1. The van der Waals surface area contributed by atoms with Crippen LogP contribution in [0.5, 0.6) is 5.75 Å². The summed E-state index contributed by atoms with van der Waals surface area (Å²) in [6.45, 7) is -0.179. The molecular weight excluding hydrogens is 320 g/mol. The first-order valence-corrected chi connectivity index (χ1v) is 9.28. The van der Waals surface area contributed by atoms with Gasteiger partial charge in [0.2, 0.25) is 0 Å². The molecule has 1 aliphatic rings. The lowest BCUT2D eigenvalue weighted by molar-refractivity contribution is 0.222. The predicted octanol–water partition coefficient (Wildman–Crippen LogP) is -0.410. The van der Waals surface area contributed by atoms with E-state index >= 15 is 0 Å². The van der Waals surface area contributed by atoms with E-state index in [4.69, 9.17) is 10.5 Å². The molecule has 10 heteroatoms. The van der Waals surface area contributed by atoms with Crippen molar-refractivity contribution in [3.8, 4) is 5.75 Å². The molecule has 1 aromatic rings. The fraction of sp³-hybridized carbons (Fsp3) is 0.364. The third-order valence-electron chi connectivity index (χ3n) is 2.58. The van der Waals surface area contributed by atoms with Crippen LogP contribution >= 0.6 is 0 Å². The van der Waals surface area contributed by atoms with Crippen molar-refractivity contribution in [1.82, 2.24) is 0 Å². The Bertz CT molecular complexity index is 783. The van der Waals surface area contributed by atoms with Gasteiger partial charge in [-0.05, 0) is 11.6 Å². The van der Waals surface area contributed by atoms with Gasteiger partial charge in [-0.2, -0.15) is 8.42 Å². The molecule has 1 aromatic carbocycles. The molecule has 2 N–H and O–H groups in total. The molecule has 0 atom stereocenters. The number of benzene rings is 1. The summed E-state index contributed by atoms with van der Waals surface area (Å²) in [6, 6.07) is 4.84. The van der Waals surface area contributed by atoms with E-state index in [1.807, 2.05) is 0 Å². The molecule has 0 amide bonds. The number of fused-ring (bicyclic) bond motifs is 1. The molecule has 0 saturated heterocycles. The third kappa shape index (κ3) is 4.16. The van der Waals surface area contributed by atoms with E-state index in [1.54, 1.807) is 18.2 Å². The monoisotopic (exact) mass is 334 g/mol. The fourth-order valence-electron chi connectivity index (χ4n) is 1.87. The first-order valence-electron chi connectivity index (χ1n) is 5.85. The number of ether oxygens (including phenoxy) is 1. The number of amidine groups is 1. The maximum absolute atomic E-state index is 11.5. The second kappa shape index (κ2) is 5.62. The Morgan fingerprint density at radius 3 is 2.71 bits per heavy atom. The quantitative estimate of drug-likeness (QED) is 0.573. The van der Waals surface area contributed by atoms with Crippen LogP contribution in [0, 0.1) is 0 Å². The summed E-state index contributed by atoms with van der Waals surface area (Å²) in [5.41, 5.74) is 6.56. The summed E-state index contributed by atoms with van der Waals surface area (Å²) in [7, 11) is -7.13. The molecule has 0 unspecified atom stereocenters. The highest BCUT2D eigenvalue weighted by Gasteiger charge is 2.25. The summed E-state index contributed by atoms with van der Waals surface area (Å²) >= 11 is 0. The summed E-state index contributed by atoms with van der Waals surface area (Å²) in [5, 5.41) is 0. The van der Waals surface area contributed by atoms with Crippen LogP contribution in [0.2, 0.25) is 0 Å². The van der Waals surface area contributed by atoms with Crippen LogP contribution in [-0.4, -0.2) is 42.1 Å². The smallest absolute Gasteiger partial charge is 0.264 e. The van der Waals surface area contributed by atoms with Gasteiger partial charge in [0.05, 0.1) is 17.6 Å². The Hall–Kier alpha value is -1.65. The Balaban J connectivity index is 2.17. The molecule has 0 saturated carbocycles. The van der Waals surface area contributed by atoms with Gasteiger partial charge in [-0.15, -0.1) is 4.40 Å². The molecule has 0 aliphatic carbocycles. The first kappa shape index (κ1) is 15.7. The SMILES string of the molecule is CS(=O)(=O)OCCOc1cccc2c1C(N)=NS(=O)(=O)C2. The van der Waals surface area contributed by atoms with Crippen molar-refractivity contribution < 1.29 is 25.8 Å². The van der Waals surface area contributed by atoms with Crippen molar-refractivity contribution in [2.75, 3.05) is 19.5 Å². The normalized spacial score (nSPS) is 16.9. The van der Waals surface area contributed by atoms with Crippen molar-refractivity contribution in [3.63, 3.8) is 0 Å². The highest BCUT2D eigenvalue weighted by atomic mass is 32.2. The van der Waals surface area contributed by atoms with Crippen LogP contribution in [-0.2, 0) is 30.1 Å². The average Bonchev–Trinajstić information content (AvgIpc) is 2.31. The Labute approximate surface area is 122 Å². The highest BCUT2D eigenvalue weighted by Crippen LogP contribution is 2.27. The number of rotatable bonds is 5. The minimum Gasteiger partial charge on any atom is -0.490 e. The van der Waals surface area contributed by atoms with E-state index in [1.165, 1.54) is 0 Å². The van der Waals surface area contributed by atoms with Crippen LogP contribution in [0.3, 0.4) is 0 Å². The van der Waals surface area contributed by atoms with Gasteiger partial charge in [0.15, 0.2) is 0 Å². The van der Waals surface area contributed by atoms with E-state index in [2.05, 4.69) is 8.58 Å². The minimum absolute atomic E-state index is 0.0243. The van der Waals surface area contributed by atoms with E-state index in [9.17, 15) is 16.8 Å². The van der Waals surface area contributed by atoms with Crippen LogP contribution in [0.1, 0.15) is 11.1 Å². The van der Waals surface area contributed by atoms with E-state index in [0.717, 1.165) is 6.26 Å². The first-order chi connectivity index (χ1) is 9.68. The molecule has 0 spiro atoms. The highest BCUT2D eigenvalue weighted by molar-refractivity contribution is 7.89. The molecule has 21 heavy (non-hydrogen) atoms. The Kier molecular flexibility index (Phi) is 4.21. The topological polar surface area (TPSA) is 125 Å². The van der Waals surface area contributed by atoms with E-state index in [0.29, 0.717) is 16.9 Å². The van der Waals surface area contributed by atoms with Gasteiger partial charge in [0, 0.05) is 0 Å². The van der Waals surface area contributed by atoms with Gasteiger partial charge in [-0.25, -0.2) is 8.42 Å². The molecule has 0 aromatic heterocycles. The number of hydrogen-bond donors (Lipinski definition) is 1. The van der Waals surface area contributed by atoms with Gasteiger partial charge in [-0.3, -0.25) is 4.18 Å². The Morgan fingerprint density at radius 1 is 1.33 bits per heavy atom. The molecule has 116 valence electrons. The van der Waals surface area contributed by atoms with Gasteiger partial charge in [0.1, 0.15) is 24.8 Å². The van der Waals surface area contributed by atoms with Crippen molar-refractivity contribution >= 4 is 26.0 Å². The van der Waals surface area contributed by atoms with E-state index < -0.39 is 20.1 Å². The largest absolute Gasteiger partial charge is 0.490 e. The molecule has 1 aliphatic heterocycles. The number of sulfonamides is 1. The molecule has 2 rings (SSSR count). The van der Waals surface area contributed by atoms with Crippen molar-refractivity contribution in [2.24, 2.45) is 10.1 Å². The average molecular weight is 334 g/mol. The maximum Gasteiger partial charge on any atom is 0.264 e. The van der Waals surface area contributed by atoms with Gasteiger partial charge >= 0.3 is 0 Å². The van der Waals surface area contributed by atoms with Crippen molar-refractivity contribution in [3.05, 3.63) is 29.3 Å². The van der Waals surface area contributed by atoms with Crippen molar-refractivity contribution in [1.29, 1.82) is 0 Å².